The van der Waals surface area contributed by atoms with E-state index in [1.807, 2.05) is 48.2 Å². The van der Waals surface area contributed by atoms with Crippen LogP contribution in [0.1, 0.15) is 51.6 Å². The molecule has 2 fully saturated rings. The number of thioether (sulfide) groups is 1. The predicted molar refractivity (Wildman–Crippen MR) is 151 cm³/mol. The largest absolute Gasteiger partial charge is 0.366 e. The first-order chi connectivity index (χ1) is 16.6. The zero-order valence-corrected chi connectivity index (χ0v) is 23.6. The second kappa shape index (κ2) is 12.9. The highest BCUT2D eigenvalue weighted by atomic mass is 35.5. The molecule has 1 heterocycles. The van der Waals surface area contributed by atoms with Gasteiger partial charge in [-0.3, -0.25) is 4.79 Å². The maximum atomic E-state index is 13.4. The quantitative estimate of drug-likeness (QED) is 0.321. The van der Waals surface area contributed by atoms with Gasteiger partial charge in [0.2, 0.25) is 0 Å². The Labute approximate surface area is 229 Å². The van der Waals surface area contributed by atoms with Crippen molar-refractivity contribution in [2.24, 2.45) is 5.92 Å². The number of hydrogen-bond donors (Lipinski definition) is 0. The van der Waals surface area contributed by atoms with Crippen molar-refractivity contribution in [1.82, 2.24) is 4.90 Å². The van der Waals surface area contributed by atoms with E-state index in [2.05, 4.69) is 32.3 Å². The van der Waals surface area contributed by atoms with Crippen molar-refractivity contribution in [2.75, 3.05) is 12.4 Å². The van der Waals surface area contributed by atoms with Crippen LogP contribution in [-0.2, 0) is 9.53 Å². The van der Waals surface area contributed by atoms with Crippen LogP contribution in [0.15, 0.2) is 61.2 Å². The van der Waals surface area contributed by atoms with Crippen LogP contribution in [0.25, 0.3) is 0 Å². The number of carbonyl (C=O) groups is 1. The van der Waals surface area contributed by atoms with Crippen molar-refractivity contribution >= 4 is 52.5 Å². The van der Waals surface area contributed by atoms with Crippen LogP contribution in [0.5, 0.6) is 0 Å². The van der Waals surface area contributed by atoms with Crippen LogP contribution in [0.2, 0.25) is 15.1 Å². The number of carbonyl (C=O) groups excluding carboxylic acids is 1. The Kier molecular flexibility index (Phi) is 10.4. The summed E-state index contributed by atoms with van der Waals surface area (Å²) in [4.78, 5) is 15.5. The fourth-order valence-corrected chi connectivity index (χ4v) is 5.54. The summed E-state index contributed by atoms with van der Waals surface area (Å²) in [6.45, 7) is 11.0. The highest BCUT2D eigenvalue weighted by Crippen LogP contribution is 2.43. The second-order valence-corrected chi connectivity index (χ2v) is 13.0. The summed E-state index contributed by atoms with van der Waals surface area (Å²) in [6, 6.07) is 15.2. The highest BCUT2D eigenvalue weighted by molar-refractivity contribution is 8.00. The van der Waals surface area contributed by atoms with E-state index in [0.717, 1.165) is 11.3 Å². The molecule has 3 atom stereocenters. The number of nitrogens with zero attached hydrogens (tertiary/aromatic N) is 1. The molecule has 2 aliphatic rings. The lowest BCUT2D eigenvalue weighted by Gasteiger charge is -2.44. The molecule has 2 aromatic carbocycles. The predicted octanol–water partition coefficient (Wildman–Crippen LogP) is 8.49. The number of halogens is 3. The number of hydrogen-bond acceptors (Lipinski definition) is 3. The van der Waals surface area contributed by atoms with E-state index in [-0.39, 0.29) is 22.7 Å². The van der Waals surface area contributed by atoms with Gasteiger partial charge in [0.25, 0.3) is 5.91 Å². The van der Waals surface area contributed by atoms with Crippen molar-refractivity contribution in [3.05, 3.63) is 81.8 Å². The summed E-state index contributed by atoms with van der Waals surface area (Å²) in [5.74, 6) is 1.67. The average Bonchev–Trinajstić information content (AvgIpc) is 3.64. The molecular weight excluding hydrogens is 521 g/mol. The summed E-state index contributed by atoms with van der Waals surface area (Å²) in [6.07, 6.45) is 4.34. The van der Waals surface area contributed by atoms with Crippen molar-refractivity contribution < 1.29 is 9.53 Å². The third-order valence-electron chi connectivity index (χ3n) is 5.99. The minimum Gasteiger partial charge on any atom is -0.366 e. The van der Waals surface area contributed by atoms with Crippen LogP contribution >= 0.6 is 46.6 Å². The molecule has 1 saturated carbocycles. The Morgan fingerprint density at radius 2 is 1.69 bits per heavy atom. The van der Waals surface area contributed by atoms with E-state index in [9.17, 15) is 4.79 Å². The van der Waals surface area contributed by atoms with Crippen molar-refractivity contribution in [2.45, 2.75) is 63.0 Å². The minimum absolute atomic E-state index is 0.0537. The van der Waals surface area contributed by atoms with Crippen LogP contribution in [0.3, 0.4) is 0 Å². The van der Waals surface area contributed by atoms with E-state index in [1.165, 1.54) is 12.8 Å². The number of rotatable bonds is 7. The van der Waals surface area contributed by atoms with Crippen molar-refractivity contribution in [1.29, 1.82) is 0 Å². The van der Waals surface area contributed by atoms with E-state index < -0.39 is 6.10 Å². The van der Waals surface area contributed by atoms with Gasteiger partial charge in [-0.2, -0.15) is 11.8 Å². The van der Waals surface area contributed by atoms with Gasteiger partial charge in [-0.15, -0.1) is 6.58 Å². The molecule has 190 valence electrons. The molecule has 35 heavy (non-hydrogen) atoms. The van der Waals surface area contributed by atoms with Crippen molar-refractivity contribution in [3.63, 3.8) is 0 Å². The lowest BCUT2D eigenvalue weighted by Crippen LogP contribution is -2.55. The molecule has 1 aliphatic carbocycles. The first-order valence-electron chi connectivity index (χ1n) is 11.9. The Morgan fingerprint density at radius 3 is 2.17 bits per heavy atom. The summed E-state index contributed by atoms with van der Waals surface area (Å²) < 4.78 is 6.13. The van der Waals surface area contributed by atoms with Gasteiger partial charge in [-0.1, -0.05) is 85.9 Å². The third kappa shape index (κ3) is 8.43. The molecule has 3 nitrogen and oxygen atoms in total. The van der Waals surface area contributed by atoms with Gasteiger partial charge in [-0.25, -0.2) is 0 Å². The van der Waals surface area contributed by atoms with Gasteiger partial charge in [0, 0.05) is 28.0 Å². The molecule has 0 N–H and O–H groups in total. The maximum absolute atomic E-state index is 13.4. The summed E-state index contributed by atoms with van der Waals surface area (Å²) in [5.41, 5.74) is 1.09. The number of benzene rings is 2. The van der Waals surface area contributed by atoms with Gasteiger partial charge in [0.15, 0.2) is 0 Å². The van der Waals surface area contributed by atoms with Gasteiger partial charge in [-0.05, 0) is 48.6 Å². The summed E-state index contributed by atoms with van der Waals surface area (Å²) >= 11 is 19.2. The van der Waals surface area contributed by atoms with Gasteiger partial charge in [0.05, 0.1) is 22.7 Å². The van der Waals surface area contributed by atoms with Crippen molar-refractivity contribution in [3.8, 4) is 0 Å². The minimum atomic E-state index is -0.410. The molecule has 0 aromatic heterocycles. The Balaban J connectivity index is 0.000000363. The lowest BCUT2D eigenvalue weighted by atomic mass is 9.98. The second-order valence-electron chi connectivity index (χ2n) is 9.90. The molecule has 3 unspecified atom stereocenters. The fourth-order valence-electron chi connectivity index (χ4n) is 4.03. The number of morpholine rings is 1. The Bertz CT molecular complexity index is 967. The van der Waals surface area contributed by atoms with E-state index in [0.29, 0.717) is 34.0 Å². The zero-order valence-electron chi connectivity index (χ0n) is 20.6. The topological polar surface area (TPSA) is 29.5 Å². The molecule has 7 heteroatoms. The fraction of sp³-hybridized carbons (Fsp3) is 0.464. The smallest absolute Gasteiger partial charge is 0.252 e. The standard InChI is InChI=1S/C22H30ClNO2S.C6H4Cl2/c1-5-6-20-21(25)24(19(16-7-8-16)14-27-22(2,3)4)18(13-26-20)15-9-11-17(23)12-10-15;7-5-3-1-2-4-6(5)8/h5,9-12,16,18-20H,1,6-8,13-14H2,2-4H3;1-4H. The van der Waals surface area contributed by atoms with Crippen LogP contribution in [0.4, 0.5) is 0 Å². The molecule has 2 aromatic rings. The molecule has 0 radical (unpaired) electrons. The van der Waals surface area contributed by atoms with E-state index in [1.54, 1.807) is 18.2 Å². The zero-order chi connectivity index (χ0) is 25.6. The average molecular weight is 555 g/mol. The molecule has 1 aliphatic heterocycles. The van der Waals surface area contributed by atoms with Gasteiger partial charge < -0.3 is 9.64 Å². The summed E-state index contributed by atoms with van der Waals surface area (Å²) in [7, 11) is 0. The molecular formula is C28H34Cl3NO2S. The number of amides is 1. The monoisotopic (exact) mass is 553 g/mol. The molecule has 0 spiro atoms. The van der Waals surface area contributed by atoms with E-state index >= 15 is 0 Å². The highest BCUT2D eigenvalue weighted by Gasteiger charge is 2.45. The third-order valence-corrected chi connectivity index (χ3v) is 8.37. The Morgan fingerprint density at radius 1 is 1.09 bits per heavy atom. The molecule has 0 bridgehead atoms. The first kappa shape index (κ1) is 28.4. The molecule has 1 saturated heterocycles. The van der Waals surface area contributed by atoms with Gasteiger partial charge in [0.1, 0.15) is 6.10 Å². The van der Waals surface area contributed by atoms with Gasteiger partial charge >= 0.3 is 0 Å². The Hall–Kier alpha value is -1.17. The SMILES string of the molecule is C=CCC1OCC(c2ccc(Cl)cc2)N(C(CSC(C)(C)C)C2CC2)C1=O.Clc1ccccc1Cl. The van der Waals surface area contributed by atoms with Crippen LogP contribution in [0, 0.1) is 5.92 Å². The molecule has 4 rings (SSSR count). The molecule has 1 amide bonds. The maximum Gasteiger partial charge on any atom is 0.252 e. The summed E-state index contributed by atoms with van der Waals surface area (Å²) in [5, 5.41) is 1.92. The first-order valence-corrected chi connectivity index (χ1v) is 14.1. The lowest BCUT2D eigenvalue weighted by molar-refractivity contribution is -0.163. The van der Waals surface area contributed by atoms with Crippen LogP contribution in [-0.4, -0.2) is 40.1 Å². The van der Waals surface area contributed by atoms with Crippen LogP contribution < -0.4 is 0 Å². The van der Waals surface area contributed by atoms with E-state index in [4.69, 9.17) is 39.5 Å². The number of ether oxygens (including phenoxy) is 1. The normalized spacial score (nSPS) is 21.2.